The van der Waals surface area contributed by atoms with Gasteiger partial charge in [0.25, 0.3) is 0 Å². The third kappa shape index (κ3) is 5.02. The molecule has 7 nitrogen and oxygen atoms in total. The number of aromatic hydroxyl groups is 1. The quantitative estimate of drug-likeness (QED) is 0.392. The molecular formula is C23H18ClNO6. The summed E-state index contributed by atoms with van der Waals surface area (Å²) >= 11 is 5.86. The second kappa shape index (κ2) is 8.89. The second-order valence-electron chi connectivity index (χ2n) is 6.82. The highest BCUT2D eigenvalue weighted by Crippen LogP contribution is 2.34. The molecule has 0 saturated carbocycles. The lowest BCUT2D eigenvalue weighted by Gasteiger charge is -2.15. The molecule has 0 aliphatic rings. The zero-order valence-electron chi connectivity index (χ0n) is 16.6. The number of carboxylic acids is 1. The number of nitrogens with one attached hydrogen (secondary N) is 1. The van der Waals surface area contributed by atoms with E-state index in [1.807, 2.05) is 0 Å². The van der Waals surface area contributed by atoms with Crippen LogP contribution in [0.15, 0.2) is 54.6 Å². The molecule has 31 heavy (non-hydrogen) atoms. The normalized spacial score (nSPS) is 10.4. The van der Waals surface area contributed by atoms with E-state index < -0.39 is 11.9 Å². The van der Waals surface area contributed by atoms with E-state index in [0.717, 1.165) is 0 Å². The van der Waals surface area contributed by atoms with Crippen LogP contribution in [0.1, 0.15) is 27.0 Å². The van der Waals surface area contributed by atoms with Crippen molar-refractivity contribution >= 4 is 34.9 Å². The van der Waals surface area contributed by atoms with Crippen molar-refractivity contribution in [3.63, 3.8) is 0 Å². The molecule has 0 radical (unpaired) electrons. The Morgan fingerprint density at radius 2 is 1.55 bits per heavy atom. The smallest absolute Gasteiger partial charge is 0.394 e. The van der Waals surface area contributed by atoms with Crippen molar-refractivity contribution in [2.75, 3.05) is 5.32 Å². The number of rotatable bonds is 5. The van der Waals surface area contributed by atoms with E-state index in [9.17, 15) is 19.5 Å². The van der Waals surface area contributed by atoms with Crippen LogP contribution >= 0.6 is 11.6 Å². The summed E-state index contributed by atoms with van der Waals surface area (Å²) < 4.78 is 5.93. The Labute approximate surface area is 182 Å². The van der Waals surface area contributed by atoms with Gasteiger partial charge in [-0.3, -0.25) is 9.59 Å². The van der Waals surface area contributed by atoms with Gasteiger partial charge in [-0.25, -0.2) is 4.79 Å². The van der Waals surface area contributed by atoms with Gasteiger partial charge in [0.2, 0.25) is 0 Å². The van der Waals surface area contributed by atoms with Crippen LogP contribution in [0.3, 0.4) is 0 Å². The van der Waals surface area contributed by atoms with Gasteiger partial charge in [-0.15, -0.1) is 0 Å². The minimum Gasteiger partial charge on any atom is -0.507 e. The molecule has 0 atom stereocenters. The zero-order chi connectivity index (χ0) is 22.7. The number of hydrogen-bond acceptors (Lipinski definition) is 5. The van der Waals surface area contributed by atoms with E-state index in [0.29, 0.717) is 38.9 Å². The predicted molar refractivity (Wildman–Crippen MR) is 115 cm³/mol. The molecule has 0 spiro atoms. The SMILES string of the molecule is Cc1cc(NC(=O)C(=O)O)cc(C)c1Oc1ccc(O)c(C(=O)c2ccc(Cl)cc2)c1. The first kappa shape index (κ1) is 21.9. The topological polar surface area (TPSA) is 113 Å². The monoisotopic (exact) mass is 439 g/mol. The summed E-state index contributed by atoms with van der Waals surface area (Å²) in [6.07, 6.45) is 0. The van der Waals surface area contributed by atoms with E-state index in [-0.39, 0.29) is 17.1 Å². The van der Waals surface area contributed by atoms with Gasteiger partial charge in [-0.1, -0.05) is 11.6 Å². The summed E-state index contributed by atoms with van der Waals surface area (Å²) in [4.78, 5) is 34.9. The van der Waals surface area contributed by atoms with Crippen LogP contribution in [-0.4, -0.2) is 27.9 Å². The van der Waals surface area contributed by atoms with Crippen LogP contribution in [-0.2, 0) is 9.59 Å². The number of carboxylic acid groups (broad SMARTS) is 1. The number of hydrogen-bond donors (Lipinski definition) is 3. The maximum Gasteiger partial charge on any atom is 0.394 e. The number of halogens is 1. The highest BCUT2D eigenvalue weighted by Gasteiger charge is 2.17. The van der Waals surface area contributed by atoms with Crippen molar-refractivity contribution < 1.29 is 29.3 Å². The predicted octanol–water partition coefficient (Wildman–Crippen LogP) is 4.71. The number of aryl methyl sites for hydroxylation is 2. The zero-order valence-corrected chi connectivity index (χ0v) is 17.4. The van der Waals surface area contributed by atoms with Gasteiger partial charge in [-0.2, -0.15) is 0 Å². The largest absolute Gasteiger partial charge is 0.507 e. The van der Waals surface area contributed by atoms with Gasteiger partial charge >= 0.3 is 11.9 Å². The number of ether oxygens (including phenoxy) is 1. The molecule has 3 N–H and O–H groups in total. The third-order valence-electron chi connectivity index (χ3n) is 4.45. The Balaban J connectivity index is 1.89. The number of carbonyl (C=O) groups excluding carboxylic acids is 2. The lowest BCUT2D eigenvalue weighted by molar-refractivity contribution is -0.147. The molecule has 0 aliphatic carbocycles. The summed E-state index contributed by atoms with van der Waals surface area (Å²) in [5.41, 5.74) is 2.03. The first-order valence-electron chi connectivity index (χ1n) is 9.12. The maximum atomic E-state index is 12.8. The highest BCUT2D eigenvalue weighted by molar-refractivity contribution is 6.36. The van der Waals surface area contributed by atoms with Gasteiger partial charge in [0, 0.05) is 16.3 Å². The number of ketones is 1. The third-order valence-corrected chi connectivity index (χ3v) is 4.70. The Morgan fingerprint density at radius 1 is 0.935 bits per heavy atom. The van der Waals surface area contributed by atoms with Crippen molar-refractivity contribution in [2.45, 2.75) is 13.8 Å². The summed E-state index contributed by atoms with van der Waals surface area (Å²) in [7, 11) is 0. The minimum atomic E-state index is -1.59. The van der Waals surface area contributed by atoms with Gasteiger partial charge in [0.15, 0.2) is 5.78 Å². The Bertz CT molecular complexity index is 1160. The molecule has 0 unspecified atom stereocenters. The number of anilines is 1. The van der Waals surface area contributed by atoms with Crippen LogP contribution < -0.4 is 10.1 Å². The molecule has 0 fully saturated rings. The number of phenols is 1. The molecule has 0 saturated heterocycles. The van der Waals surface area contributed by atoms with Gasteiger partial charge in [0.05, 0.1) is 5.56 Å². The highest BCUT2D eigenvalue weighted by atomic mass is 35.5. The molecular weight excluding hydrogens is 422 g/mol. The van der Waals surface area contributed by atoms with Crippen molar-refractivity contribution in [3.8, 4) is 17.2 Å². The number of benzene rings is 3. The molecule has 0 heterocycles. The van der Waals surface area contributed by atoms with Gasteiger partial charge in [-0.05, 0) is 79.6 Å². The summed E-state index contributed by atoms with van der Waals surface area (Å²) in [5, 5.41) is 21.7. The van der Waals surface area contributed by atoms with Crippen LogP contribution in [0.5, 0.6) is 17.2 Å². The van der Waals surface area contributed by atoms with Crippen LogP contribution in [0.25, 0.3) is 0 Å². The second-order valence-corrected chi connectivity index (χ2v) is 7.25. The van der Waals surface area contributed by atoms with Crippen LogP contribution in [0, 0.1) is 13.8 Å². The maximum absolute atomic E-state index is 12.8. The molecule has 8 heteroatoms. The fourth-order valence-corrected chi connectivity index (χ4v) is 3.13. The van der Waals surface area contributed by atoms with E-state index in [4.69, 9.17) is 21.4 Å². The average molecular weight is 440 g/mol. The first-order valence-corrected chi connectivity index (χ1v) is 9.50. The Morgan fingerprint density at radius 3 is 2.13 bits per heavy atom. The van der Waals surface area contributed by atoms with Crippen LogP contribution in [0.4, 0.5) is 5.69 Å². The molecule has 3 aromatic rings. The van der Waals surface area contributed by atoms with Crippen molar-refractivity contribution in [2.24, 2.45) is 0 Å². The number of carbonyl (C=O) groups is 3. The summed E-state index contributed by atoms with van der Waals surface area (Å²) in [5.74, 6) is -2.51. The fraction of sp³-hybridized carbons (Fsp3) is 0.0870. The number of amides is 1. The van der Waals surface area contributed by atoms with Crippen LogP contribution in [0.2, 0.25) is 5.02 Å². The van der Waals surface area contributed by atoms with Gasteiger partial charge < -0.3 is 20.3 Å². The molecule has 0 bridgehead atoms. The summed E-state index contributed by atoms with van der Waals surface area (Å²) in [6, 6.07) is 13.8. The number of aliphatic carboxylic acids is 1. The van der Waals surface area contributed by atoms with E-state index in [1.165, 1.54) is 18.2 Å². The van der Waals surface area contributed by atoms with Crippen molar-refractivity contribution in [1.29, 1.82) is 0 Å². The lowest BCUT2D eigenvalue weighted by atomic mass is 10.0. The minimum absolute atomic E-state index is 0.0699. The van der Waals surface area contributed by atoms with Crippen molar-refractivity contribution in [3.05, 3.63) is 81.9 Å². The van der Waals surface area contributed by atoms with E-state index >= 15 is 0 Å². The lowest BCUT2D eigenvalue weighted by Crippen LogP contribution is -2.21. The summed E-state index contributed by atoms with van der Waals surface area (Å²) in [6.45, 7) is 3.47. The Kier molecular flexibility index (Phi) is 6.27. The molecule has 0 aliphatic heterocycles. The molecule has 0 aromatic heterocycles. The first-order chi connectivity index (χ1) is 14.7. The van der Waals surface area contributed by atoms with E-state index in [2.05, 4.69) is 5.32 Å². The van der Waals surface area contributed by atoms with Crippen molar-refractivity contribution in [1.82, 2.24) is 0 Å². The molecule has 158 valence electrons. The standard InChI is InChI=1S/C23H18ClNO6/c1-12-9-16(25-22(28)23(29)30)10-13(2)21(12)31-17-7-8-19(26)18(11-17)20(27)14-3-5-15(24)6-4-14/h3-11,26H,1-2H3,(H,25,28)(H,29,30). The molecule has 3 aromatic carbocycles. The fourth-order valence-electron chi connectivity index (χ4n) is 3.00. The number of phenolic OH excluding ortho intramolecular Hbond substituents is 1. The molecule has 1 amide bonds. The average Bonchev–Trinajstić information content (AvgIpc) is 2.72. The molecule has 3 rings (SSSR count). The van der Waals surface area contributed by atoms with E-state index in [1.54, 1.807) is 50.2 Å². The van der Waals surface area contributed by atoms with Gasteiger partial charge in [0.1, 0.15) is 17.2 Å². The Hall–Kier alpha value is -3.84.